The van der Waals surface area contributed by atoms with Crippen LogP contribution in [0.25, 0.3) is 0 Å². The van der Waals surface area contributed by atoms with Crippen LogP contribution < -0.4 is 5.32 Å². The Hall–Kier alpha value is -0.610. The maximum absolute atomic E-state index is 10.8. The van der Waals surface area contributed by atoms with Crippen molar-refractivity contribution in [3.05, 3.63) is 0 Å². The molecule has 0 radical (unpaired) electrons. The number of piperidine rings is 1. The quantitative estimate of drug-likeness (QED) is 0.727. The molecule has 0 aromatic rings. The smallest absolute Gasteiger partial charge is 0.303 e. The van der Waals surface area contributed by atoms with Crippen molar-refractivity contribution in [3.63, 3.8) is 0 Å². The second-order valence-electron chi connectivity index (χ2n) is 5.35. The average molecular weight is 226 g/mol. The molecule has 16 heavy (non-hydrogen) atoms. The molecule has 0 aromatic carbocycles. The Labute approximate surface area is 97.0 Å². The second kappa shape index (κ2) is 5.15. The van der Waals surface area contributed by atoms with Crippen molar-refractivity contribution in [2.24, 2.45) is 11.8 Å². The van der Waals surface area contributed by atoms with Gasteiger partial charge >= 0.3 is 5.97 Å². The van der Waals surface area contributed by atoms with Crippen molar-refractivity contribution in [2.75, 3.05) is 26.7 Å². The zero-order chi connectivity index (χ0) is 11.5. The minimum Gasteiger partial charge on any atom is -0.481 e. The van der Waals surface area contributed by atoms with Crippen molar-refractivity contribution in [1.82, 2.24) is 10.2 Å². The van der Waals surface area contributed by atoms with Gasteiger partial charge in [0, 0.05) is 32.1 Å². The minimum atomic E-state index is -0.659. The van der Waals surface area contributed by atoms with Crippen LogP contribution in [0.3, 0.4) is 0 Å². The number of nitrogens with one attached hydrogen (secondary N) is 1. The van der Waals surface area contributed by atoms with Gasteiger partial charge in [0.05, 0.1) is 0 Å². The van der Waals surface area contributed by atoms with Crippen molar-refractivity contribution in [2.45, 2.75) is 31.7 Å². The standard InChI is InChI=1S/C12H22N2O2/c1-13-11-4-10(5-12(15)16)7-14(8-11)6-9-2-3-9/h9-11,13H,2-8H2,1H3,(H,15,16). The Balaban J connectivity index is 1.85. The van der Waals surface area contributed by atoms with Crippen LogP contribution in [0.1, 0.15) is 25.7 Å². The highest BCUT2D eigenvalue weighted by Gasteiger charge is 2.31. The predicted octanol–water partition coefficient (Wildman–Crippen LogP) is 0.781. The summed E-state index contributed by atoms with van der Waals surface area (Å²) >= 11 is 0. The number of likely N-dealkylation sites (tertiary alicyclic amines) is 1. The summed E-state index contributed by atoms with van der Waals surface area (Å²) in [4.78, 5) is 13.2. The third-order valence-electron chi connectivity index (χ3n) is 3.70. The third kappa shape index (κ3) is 3.46. The first-order chi connectivity index (χ1) is 7.67. The molecule has 0 bridgehead atoms. The molecule has 2 rings (SSSR count). The van der Waals surface area contributed by atoms with E-state index in [0.29, 0.717) is 18.4 Å². The SMILES string of the molecule is CNC1CC(CC(=O)O)CN(CC2CC2)C1. The Morgan fingerprint density at radius 2 is 2.12 bits per heavy atom. The number of rotatable bonds is 5. The maximum atomic E-state index is 10.8. The molecule has 1 saturated heterocycles. The molecule has 1 aliphatic carbocycles. The molecule has 2 N–H and O–H groups in total. The molecule has 1 heterocycles. The Bertz CT molecular complexity index is 253. The van der Waals surface area contributed by atoms with Gasteiger partial charge in [-0.2, -0.15) is 0 Å². The minimum absolute atomic E-state index is 0.319. The van der Waals surface area contributed by atoms with E-state index in [1.165, 1.54) is 19.4 Å². The van der Waals surface area contributed by atoms with Crippen LogP contribution in [-0.2, 0) is 4.79 Å². The van der Waals surface area contributed by atoms with Gasteiger partial charge < -0.3 is 15.3 Å². The van der Waals surface area contributed by atoms with Crippen molar-refractivity contribution >= 4 is 5.97 Å². The number of aliphatic carboxylic acids is 1. The number of carbonyl (C=O) groups is 1. The molecule has 1 saturated carbocycles. The Kier molecular flexibility index (Phi) is 3.82. The fourth-order valence-electron chi connectivity index (χ4n) is 2.72. The zero-order valence-electron chi connectivity index (χ0n) is 9.98. The largest absolute Gasteiger partial charge is 0.481 e. The molecule has 0 spiro atoms. The second-order valence-corrected chi connectivity index (χ2v) is 5.35. The molecule has 0 aromatic heterocycles. The van der Waals surface area contributed by atoms with Gasteiger partial charge in [-0.25, -0.2) is 0 Å². The van der Waals surface area contributed by atoms with Gasteiger partial charge in [0.25, 0.3) is 0 Å². The van der Waals surface area contributed by atoms with Crippen LogP contribution in [-0.4, -0.2) is 48.7 Å². The monoisotopic (exact) mass is 226 g/mol. The van der Waals surface area contributed by atoms with E-state index in [4.69, 9.17) is 5.11 Å². The summed E-state index contributed by atoms with van der Waals surface area (Å²) in [6, 6.07) is 0.469. The topological polar surface area (TPSA) is 52.6 Å². The van der Waals surface area contributed by atoms with Crippen LogP contribution in [0.5, 0.6) is 0 Å². The van der Waals surface area contributed by atoms with E-state index in [1.54, 1.807) is 0 Å². The number of carboxylic acid groups (broad SMARTS) is 1. The van der Waals surface area contributed by atoms with Crippen molar-refractivity contribution in [3.8, 4) is 0 Å². The van der Waals surface area contributed by atoms with E-state index < -0.39 is 5.97 Å². The van der Waals surface area contributed by atoms with E-state index in [2.05, 4.69) is 10.2 Å². The normalized spacial score (nSPS) is 31.6. The Morgan fingerprint density at radius 3 is 2.69 bits per heavy atom. The first kappa shape index (κ1) is 11.9. The molecular weight excluding hydrogens is 204 g/mol. The highest BCUT2D eigenvalue weighted by atomic mass is 16.4. The molecule has 2 unspecified atom stereocenters. The number of carboxylic acids is 1. The third-order valence-corrected chi connectivity index (χ3v) is 3.70. The molecule has 4 nitrogen and oxygen atoms in total. The molecule has 2 aliphatic rings. The van der Waals surface area contributed by atoms with E-state index >= 15 is 0 Å². The highest BCUT2D eigenvalue weighted by molar-refractivity contribution is 5.67. The van der Waals surface area contributed by atoms with Crippen LogP contribution >= 0.6 is 0 Å². The van der Waals surface area contributed by atoms with E-state index in [0.717, 1.165) is 25.4 Å². The first-order valence-electron chi connectivity index (χ1n) is 6.28. The van der Waals surface area contributed by atoms with Gasteiger partial charge in [-0.3, -0.25) is 4.79 Å². The van der Waals surface area contributed by atoms with Crippen LogP contribution in [0.2, 0.25) is 0 Å². The summed E-state index contributed by atoms with van der Waals surface area (Å²) < 4.78 is 0. The van der Waals surface area contributed by atoms with Gasteiger partial charge in [0.15, 0.2) is 0 Å². The summed E-state index contributed by atoms with van der Waals surface area (Å²) in [7, 11) is 1.98. The number of hydrogen-bond donors (Lipinski definition) is 2. The van der Waals surface area contributed by atoms with Crippen LogP contribution in [0, 0.1) is 11.8 Å². The van der Waals surface area contributed by atoms with Crippen LogP contribution in [0.15, 0.2) is 0 Å². The molecule has 1 aliphatic heterocycles. The lowest BCUT2D eigenvalue weighted by Crippen LogP contribution is -2.49. The number of likely N-dealkylation sites (N-methyl/N-ethyl adjacent to an activating group) is 1. The fraction of sp³-hybridized carbons (Fsp3) is 0.917. The summed E-state index contributed by atoms with van der Waals surface area (Å²) in [6.45, 7) is 3.23. The average Bonchev–Trinajstić information content (AvgIpc) is 3.00. The molecule has 2 fully saturated rings. The van der Waals surface area contributed by atoms with E-state index in [1.807, 2.05) is 7.05 Å². The molecular formula is C12H22N2O2. The number of hydrogen-bond acceptors (Lipinski definition) is 3. The zero-order valence-corrected chi connectivity index (χ0v) is 9.98. The lowest BCUT2D eigenvalue weighted by molar-refractivity contribution is -0.138. The van der Waals surface area contributed by atoms with E-state index in [9.17, 15) is 4.79 Å². The Morgan fingerprint density at radius 1 is 1.38 bits per heavy atom. The summed E-state index contributed by atoms with van der Waals surface area (Å²) in [6.07, 6.45) is 4.05. The first-order valence-corrected chi connectivity index (χ1v) is 6.28. The number of nitrogens with zero attached hydrogens (tertiary/aromatic N) is 1. The van der Waals surface area contributed by atoms with Gasteiger partial charge in [-0.1, -0.05) is 0 Å². The molecule has 4 heteroatoms. The van der Waals surface area contributed by atoms with Gasteiger partial charge in [0.2, 0.25) is 0 Å². The lowest BCUT2D eigenvalue weighted by atomic mass is 9.91. The molecule has 2 atom stereocenters. The van der Waals surface area contributed by atoms with Gasteiger partial charge in [-0.15, -0.1) is 0 Å². The molecule has 0 amide bonds. The summed E-state index contributed by atoms with van der Waals surface area (Å²) in [5, 5.41) is 12.2. The highest BCUT2D eigenvalue weighted by Crippen LogP contribution is 2.31. The maximum Gasteiger partial charge on any atom is 0.303 e. The van der Waals surface area contributed by atoms with Gasteiger partial charge in [-0.05, 0) is 38.1 Å². The predicted molar refractivity (Wildman–Crippen MR) is 62.4 cm³/mol. The lowest BCUT2D eigenvalue weighted by Gasteiger charge is -2.37. The fourth-order valence-corrected chi connectivity index (χ4v) is 2.72. The van der Waals surface area contributed by atoms with Crippen molar-refractivity contribution < 1.29 is 9.90 Å². The van der Waals surface area contributed by atoms with Crippen molar-refractivity contribution in [1.29, 1.82) is 0 Å². The summed E-state index contributed by atoms with van der Waals surface area (Å²) in [5.41, 5.74) is 0. The van der Waals surface area contributed by atoms with E-state index in [-0.39, 0.29) is 0 Å². The van der Waals surface area contributed by atoms with Gasteiger partial charge in [0.1, 0.15) is 0 Å². The molecule has 92 valence electrons. The summed E-state index contributed by atoms with van der Waals surface area (Å²) in [5.74, 6) is 0.552. The van der Waals surface area contributed by atoms with Crippen LogP contribution in [0.4, 0.5) is 0 Å².